The van der Waals surface area contributed by atoms with Crippen molar-refractivity contribution in [3.63, 3.8) is 0 Å². The lowest BCUT2D eigenvalue weighted by atomic mass is 10.2. The van der Waals surface area contributed by atoms with Gasteiger partial charge in [-0.05, 0) is 31.9 Å². The molecule has 2 rings (SSSR count). The van der Waals surface area contributed by atoms with Crippen LogP contribution in [0.15, 0.2) is 18.2 Å². The Morgan fingerprint density at radius 3 is 2.76 bits per heavy atom. The molecule has 0 aromatic heterocycles. The molecule has 0 unspecified atom stereocenters. The zero-order valence-corrected chi connectivity index (χ0v) is 11.4. The molecule has 2 atom stereocenters. The minimum Gasteiger partial charge on any atom is -0.451 e. The summed E-state index contributed by atoms with van der Waals surface area (Å²) in [6.07, 6.45) is -0.357. The van der Waals surface area contributed by atoms with E-state index in [1.54, 1.807) is 0 Å². The fourth-order valence-corrected chi connectivity index (χ4v) is 1.88. The van der Waals surface area contributed by atoms with E-state index in [-0.39, 0.29) is 5.69 Å². The quantitative estimate of drug-likeness (QED) is 0.864. The van der Waals surface area contributed by atoms with E-state index in [2.05, 4.69) is 5.32 Å². The van der Waals surface area contributed by atoms with Gasteiger partial charge in [0.05, 0.1) is 0 Å². The summed E-state index contributed by atoms with van der Waals surface area (Å²) in [5, 5.41) is 2.34. The Kier molecular flexibility index (Phi) is 4.85. The summed E-state index contributed by atoms with van der Waals surface area (Å²) in [5.41, 5.74) is 0.0823. The summed E-state index contributed by atoms with van der Waals surface area (Å²) in [5.74, 6) is -3.31. The molecule has 0 spiro atoms. The molecular formula is C14H15F2NO4. The number of nitrogens with one attached hydrogen (secondary N) is 1. The first-order chi connectivity index (χ1) is 9.97. The van der Waals surface area contributed by atoms with Crippen molar-refractivity contribution < 1.29 is 27.8 Å². The lowest BCUT2D eigenvalue weighted by Gasteiger charge is -2.16. The molecule has 0 bridgehead atoms. The lowest BCUT2D eigenvalue weighted by Crippen LogP contribution is -2.34. The number of halogens is 2. The van der Waals surface area contributed by atoms with Gasteiger partial charge in [0.15, 0.2) is 23.8 Å². The summed E-state index contributed by atoms with van der Waals surface area (Å²) in [7, 11) is 0. The van der Waals surface area contributed by atoms with E-state index in [9.17, 15) is 18.4 Å². The van der Waals surface area contributed by atoms with Gasteiger partial charge >= 0.3 is 5.97 Å². The molecule has 114 valence electrons. The van der Waals surface area contributed by atoms with Crippen molar-refractivity contribution in [1.82, 2.24) is 0 Å². The van der Waals surface area contributed by atoms with Gasteiger partial charge in [-0.25, -0.2) is 13.6 Å². The van der Waals surface area contributed by atoms with Gasteiger partial charge in [-0.2, -0.15) is 0 Å². The summed E-state index contributed by atoms with van der Waals surface area (Å²) >= 11 is 0. The normalized spacial score (nSPS) is 19.1. The molecule has 1 aromatic carbocycles. The molecule has 1 aromatic rings. The highest BCUT2D eigenvalue weighted by Gasteiger charge is 2.28. The van der Waals surface area contributed by atoms with Gasteiger partial charge in [0, 0.05) is 18.4 Å². The molecular weight excluding hydrogens is 284 g/mol. The summed E-state index contributed by atoms with van der Waals surface area (Å²) in [4.78, 5) is 23.5. The Morgan fingerprint density at radius 1 is 1.38 bits per heavy atom. The van der Waals surface area contributed by atoms with Crippen molar-refractivity contribution in [2.75, 3.05) is 11.9 Å². The molecule has 1 amide bonds. The van der Waals surface area contributed by atoms with Gasteiger partial charge in [-0.15, -0.1) is 0 Å². The Morgan fingerprint density at radius 2 is 2.14 bits per heavy atom. The van der Waals surface area contributed by atoms with Crippen LogP contribution < -0.4 is 5.32 Å². The number of anilines is 1. The second-order valence-electron chi connectivity index (χ2n) is 4.70. The molecule has 1 aliphatic heterocycles. The Bertz CT molecular complexity index is 544. The highest BCUT2D eigenvalue weighted by molar-refractivity contribution is 5.95. The number of hydrogen-bond donors (Lipinski definition) is 1. The van der Waals surface area contributed by atoms with Gasteiger partial charge in [-0.1, -0.05) is 0 Å². The van der Waals surface area contributed by atoms with E-state index >= 15 is 0 Å². The van der Waals surface area contributed by atoms with Gasteiger partial charge < -0.3 is 14.8 Å². The number of rotatable bonds is 4. The molecule has 1 saturated heterocycles. The molecule has 7 heteroatoms. The number of hydrogen-bond acceptors (Lipinski definition) is 4. The number of esters is 1. The van der Waals surface area contributed by atoms with E-state index in [1.165, 1.54) is 13.0 Å². The number of carbonyl (C=O) groups excluding carboxylic acids is 2. The Balaban J connectivity index is 1.89. The van der Waals surface area contributed by atoms with E-state index in [0.29, 0.717) is 13.0 Å². The first-order valence-corrected chi connectivity index (χ1v) is 6.55. The van der Waals surface area contributed by atoms with E-state index in [4.69, 9.17) is 9.47 Å². The maximum atomic E-state index is 13.0. The standard InChI is InChI=1S/C14H15F2NO4/c1-8(21-14(19)12-3-2-6-20-12)13(18)17-9-4-5-10(15)11(16)7-9/h4-5,7-8,12H,2-3,6H2,1H3,(H,17,18)/t8-,12+/m0/s1. The monoisotopic (exact) mass is 299 g/mol. The topological polar surface area (TPSA) is 64.6 Å². The first kappa shape index (κ1) is 15.4. The molecule has 1 aliphatic rings. The van der Waals surface area contributed by atoms with Gasteiger partial charge in [-0.3, -0.25) is 4.79 Å². The number of carbonyl (C=O) groups is 2. The van der Waals surface area contributed by atoms with Crippen molar-refractivity contribution in [1.29, 1.82) is 0 Å². The molecule has 0 aliphatic carbocycles. The number of ether oxygens (including phenoxy) is 2. The van der Waals surface area contributed by atoms with Crippen LogP contribution in [0.5, 0.6) is 0 Å². The number of benzene rings is 1. The predicted molar refractivity (Wildman–Crippen MR) is 69.5 cm³/mol. The van der Waals surface area contributed by atoms with Crippen LogP contribution in [-0.4, -0.2) is 30.7 Å². The van der Waals surface area contributed by atoms with Crippen LogP contribution in [0.4, 0.5) is 14.5 Å². The van der Waals surface area contributed by atoms with E-state index in [1.807, 2.05) is 0 Å². The molecule has 0 saturated carbocycles. The van der Waals surface area contributed by atoms with Gasteiger partial charge in [0.1, 0.15) is 0 Å². The molecule has 5 nitrogen and oxygen atoms in total. The lowest BCUT2D eigenvalue weighted by molar-refractivity contribution is -0.162. The smallest absolute Gasteiger partial charge is 0.336 e. The van der Waals surface area contributed by atoms with Crippen LogP contribution in [0.3, 0.4) is 0 Å². The third-order valence-electron chi connectivity index (χ3n) is 3.04. The Hall–Kier alpha value is -2.02. The van der Waals surface area contributed by atoms with Crippen LogP contribution in [0.1, 0.15) is 19.8 Å². The third-order valence-corrected chi connectivity index (χ3v) is 3.04. The van der Waals surface area contributed by atoms with Crippen LogP contribution in [0.2, 0.25) is 0 Å². The third kappa shape index (κ3) is 3.98. The average Bonchev–Trinajstić information content (AvgIpc) is 2.97. The zero-order chi connectivity index (χ0) is 15.4. The average molecular weight is 299 g/mol. The van der Waals surface area contributed by atoms with Crippen LogP contribution in [0, 0.1) is 11.6 Å². The SMILES string of the molecule is C[C@H](OC(=O)[C@H]1CCCO1)C(=O)Nc1ccc(F)c(F)c1. The second kappa shape index (κ2) is 6.62. The summed E-state index contributed by atoms with van der Waals surface area (Å²) in [6, 6.07) is 2.96. The van der Waals surface area contributed by atoms with Crippen molar-refractivity contribution in [3.05, 3.63) is 29.8 Å². The van der Waals surface area contributed by atoms with Crippen LogP contribution in [-0.2, 0) is 19.1 Å². The molecule has 1 N–H and O–H groups in total. The fourth-order valence-electron chi connectivity index (χ4n) is 1.88. The van der Waals surface area contributed by atoms with Crippen LogP contribution in [0.25, 0.3) is 0 Å². The van der Waals surface area contributed by atoms with Gasteiger partial charge in [0.2, 0.25) is 0 Å². The Labute approximate surface area is 120 Å². The largest absolute Gasteiger partial charge is 0.451 e. The highest BCUT2D eigenvalue weighted by Crippen LogP contribution is 2.16. The maximum Gasteiger partial charge on any atom is 0.336 e. The molecule has 1 heterocycles. The van der Waals surface area contributed by atoms with E-state index in [0.717, 1.165) is 18.6 Å². The van der Waals surface area contributed by atoms with Gasteiger partial charge in [0.25, 0.3) is 5.91 Å². The molecule has 0 radical (unpaired) electrons. The predicted octanol–water partition coefficient (Wildman–Crippen LogP) is 2.01. The zero-order valence-electron chi connectivity index (χ0n) is 11.4. The molecule has 21 heavy (non-hydrogen) atoms. The van der Waals surface area contributed by atoms with Crippen molar-refractivity contribution >= 4 is 17.6 Å². The minimum atomic E-state index is -1.07. The van der Waals surface area contributed by atoms with Crippen molar-refractivity contribution in [2.24, 2.45) is 0 Å². The van der Waals surface area contributed by atoms with Crippen LogP contribution >= 0.6 is 0 Å². The summed E-state index contributed by atoms with van der Waals surface area (Å²) < 4.78 is 35.9. The maximum absolute atomic E-state index is 13.0. The fraction of sp³-hybridized carbons (Fsp3) is 0.429. The summed E-state index contributed by atoms with van der Waals surface area (Å²) in [6.45, 7) is 1.89. The number of amides is 1. The van der Waals surface area contributed by atoms with Crippen molar-refractivity contribution in [3.8, 4) is 0 Å². The first-order valence-electron chi connectivity index (χ1n) is 6.55. The van der Waals surface area contributed by atoms with Crippen molar-refractivity contribution in [2.45, 2.75) is 32.0 Å². The second-order valence-corrected chi connectivity index (χ2v) is 4.70. The highest BCUT2D eigenvalue weighted by atomic mass is 19.2. The minimum absolute atomic E-state index is 0.0823. The molecule has 1 fully saturated rings. The van der Waals surface area contributed by atoms with E-state index < -0.39 is 35.7 Å².